The number of hydrogen-bond donors (Lipinski definition) is 0. The number of ether oxygens (including phenoxy) is 1. The van der Waals surface area contributed by atoms with Gasteiger partial charge in [-0.3, -0.25) is 0 Å². The minimum Gasteiger partial charge on any atom is -0.342 e. The van der Waals surface area contributed by atoms with Crippen molar-refractivity contribution in [2.45, 2.75) is 13.2 Å². The summed E-state index contributed by atoms with van der Waals surface area (Å²) in [6.07, 6.45) is -1.13. The Bertz CT molecular complexity index is 107. The van der Waals surface area contributed by atoms with Crippen molar-refractivity contribution in [3.05, 3.63) is 4.91 Å². The quantitative estimate of drug-likeness (QED) is 0.506. The summed E-state index contributed by atoms with van der Waals surface area (Å²) >= 11 is 0. The molecule has 0 aliphatic rings. The number of rotatable bonds is 3. The minimum absolute atomic E-state index is 0.337. The van der Waals surface area contributed by atoms with Gasteiger partial charge >= 0.3 is 0 Å². The van der Waals surface area contributed by atoms with Crippen molar-refractivity contribution in [1.29, 1.82) is 5.26 Å². The molecule has 4 heteroatoms. The van der Waals surface area contributed by atoms with E-state index >= 15 is 0 Å². The van der Waals surface area contributed by atoms with E-state index in [1.165, 1.54) is 0 Å². The van der Waals surface area contributed by atoms with Gasteiger partial charge in [-0.1, -0.05) is 0 Å². The summed E-state index contributed by atoms with van der Waals surface area (Å²) in [6.45, 7) is 2.03. The molecule has 0 saturated carbocycles. The van der Waals surface area contributed by atoms with Gasteiger partial charge in [0, 0.05) is 6.61 Å². The van der Waals surface area contributed by atoms with Gasteiger partial charge < -0.3 is 4.74 Å². The third-order valence-electron chi connectivity index (χ3n) is 0.531. The first-order chi connectivity index (χ1) is 3.85. The Morgan fingerprint density at radius 1 is 2.00 bits per heavy atom. The lowest BCUT2D eigenvalue weighted by Gasteiger charge is -1.94. The average molecular weight is 114 g/mol. The molecule has 0 aromatic heterocycles. The van der Waals surface area contributed by atoms with Crippen molar-refractivity contribution in [3.8, 4) is 6.07 Å². The van der Waals surface area contributed by atoms with E-state index in [9.17, 15) is 4.91 Å². The molecule has 0 aromatic carbocycles. The second-order valence-electron chi connectivity index (χ2n) is 1.04. The van der Waals surface area contributed by atoms with Crippen LogP contribution in [0.15, 0.2) is 5.18 Å². The molecule has 1 atom stereocenters. The highest BCUT2D eigenvalue weighted by Gasteiger charge is 2.01. The fourth-order valence-corrected chi connectivity index (χ4v) is 0.249. The van der Waals surface area contributed by atoms with E-state index in [0.29, 0.717) is 6.61 Å². The summed E-state index contributed by atoms with van der Waals surface area (Å²) in [5.74, 6) is 0. The lowest BCUT2D eigenvalue weighted by atomic mass is 10.6. The Labute approximate surface area is 47.0 Å². The van der Waals surface area contributed by atoms with Crippen molar-refractivity contribution in [1.82, 2.24) is 0 Å². The second-order valence-corrected chi connectivity index (χ2v) is 1.04. The minimum atomic E-state index is -1.13. The van der Waals surface area contributed by atoms with Crippen LogP contribution in [0.2, 0.25) is 0 Å². The largest absolute Gasteiger partial charge is 0.342 e. The monoisotopic (exact) mass is 114 g/mol. The van der Waals surface area contributed by atoms with Gasteiger partial charge in [0.25, 0.3) is 6.23 Å². The lowest BCUT2D eigenvalue weighted by Crippen LogP contribution is -2.04. The van der Waals surface area contributed by atoms with Crippen LogP contribution in [0, 0.1) is 16.2 Å². The van der Waals surface area contributed by atoms with Crippen molar-refractivity contribution in [2.24, 2.45) is 5.18 Å². The molecule has 0 aromatic rings. The molecule has 8 heavy (non-hydrogen) atoms. The number of nitrogens with zero attached hydrogens (tertiary/aromatic N) is 2. The molecule has 0 aliphatic heterocycles. The molecule has 0 heterocycles. The van der Waals surface area contributed by atoms with Crippen molar-refractivity contribution >= 4 is 0 Å². The summed E-state index contributed by atoms with van der Waals surface area (Å²) in [7, 11) is 0. The summed E-state index contributed by atoms with van der Waals surface area (Å²) in [4.78, 5) is 9.53. The van der Waals surface area contributed by atoms with E-state index in [2.05, 4.69) is 9.91 Å². The molecule has 0 aliphatic carbocycles. The van der Waals surface area contributed by atoms with Crippen molar-refractivity contribution < 1.29 is 4.74 Å². The fourth-order valence-electron chi connectivity index (χ4n) is 0.249. The molecule has 0 bridgehead atoms. The molecular weight excluding hydrogens is 108 g/mol. The van der Waals surface area contributed by atoms with Crippen LogP contribution >= 0.6 is 0 Å². The van der Waals surface area contributed by atoms with E-state index in [-0.39, 0.29) is 0 Å². The van der Waals surface area contributed by atoms with E-state index in [0.717, 1.165) is 0 Å². The van der Waals surface area contributed by atoms with Crippen molar-refractivity contribution in [2.75, 3.05) is 6.61 Å². The van der Waals surface area contributed by atoms with Crippen LogP contribution < -0.4 is 0 Å². The lowest BCUT2D eigenvalue weighted by molar-refractivity contribution is 0.107. The van der Waals surface area contributed by atoms with Gasteiger partial charge in [-0.2, -0.15) is 5.26 Å². The fraction of sp³-hybridized carbons (Fsp3) is 0.750. The summed E-state index contributed by atoms with van der Waals surface area (Å²) in [6, 6.07) is 1.55. The van der Waals surface area contributed by atoms with Gasteiger partial charge in [0.1, 0.15) is 6.07 Å². The first-order valence-corrected chi connectivity index (χ1v) is 2.18. The molecule has 0 spiro atoms. The standard InChI is InChI=1S/C4H6N2O2/c1-2-8-4(3-5)6-7/h4H,2H2,1H3. The first kappa shape index (κ1) is 7.05. The van der Waals surface area contributed by atoms with Gasteiger partial charge in [-0.15, -0.1) is 4.91 Å². The van der Waals surface area contributed by atoms with Crippen LogP contribution in [0.25, 0.3) is 0 Å². The molecule has 0 amide bonds. The zero-order valence-corrected chi connectivity index (χ0v) is 4.50. The molecule has 1 unspecified atom stereocenters. The second kappa shape index (κ2) is 4.22. The maximum atomic E-state index is 9.53. The van der Waals surface area contributed by atoms with Crippen molar-refractivity contribution in [3.63, 3.8) is 0 Å². The molecule has 0 radical (unpaired) electrons. The molecule has 0 fully saturated rings. The summed E-state index contributed by atoms with van der Waals surface area (Å²) in [5.41, 5.74) is 0. The molecule has 0 saturated heterocycles. The molecule has 44 valence electrons. The third-order valence-corrected chi connectivity index (χ3v) is 0.531. The van der Waals surface area contributed by atoms with Crippen LogP contribution in [0.4, 0.5) is 0 Å². The maximum Gasteiger partial charge on any atom is 0.277 e. The van der Waals surface area contributed by atoms with E-state index in [1.54, 1.807) is 13.0 Å². The van der Waals surface area contributed by atoms with Crippen LogP contribution in [-0.2, 0) is 4.74 Å². The van der Waals surface area contributed by atoms with Crippen LogP contribution in [-0.4, -0.2) is 12.8 Å². The van der Waals surface area contributed by atoms with Crippen LogP contribution in [0.1, 0.15) is 6.92 Å². The van der Waals surface area contributed by atoms with Gasteiger partial charge in [0.05, 0.1) is 0 Å². The Hall–Kier alpha value is -0.950. The van der Waals surface area contributed by atoms with Gasteiger partial charge in [-0.25, -0.2) is 0 Å². The number of hydrogen-bond acceptors (Lipinski definition) is 4. The average Bonchev–Trinajstić information content (AvgIpc) is 1.83. The predicted octanol–water partition coefficient (Wildman–Crippen LogP) is 0.639. The Morgan fingerprint density at radius 2 is 2.62 bits per heavy atom. The molecule has 0 rings (SSSR count). The molecule has 4 nitrogen and oxygen atoms in total. The first-order valence-electron chi connectivity index (χ1n) is 2.18. The Balaban J connectivity index is 3.40. The van der Waals surface area contributed by atoms with Crippen LogP contribution in [0.3, 0.4) is 0 Å². The normalized spacial score (nSPS) is 12.0. The summed E-state index contributed by atoms with van der Waals surface area (Å²) in [5, 5.41) is 10.4. The topological polar surface area (TPSA) is 62.4 Å². The summed E-state index contributed by atoms with van der Waals surface area (Å²) < 4.78 is 4.50. The zero-order valence-electron chi connectivity index (χ0n) is 4.50. The number of nitroso groups, excluding NO2 is 1. The number of nitriles is 1. The third kappa shape index (κ3) is 2.26. The molecule has 0 N–H and O–H groups in total. The maximum absolute atomic E-state index is 9.53. The van der Waals surface area contributed by atoms with Gasteiger partial charge in [-0.05, 0) is 12.1 Å². The highest BCUT2D eigenvalue weighted by atomic mass is 16.5. The Morgan fingerprint density at radius 3 is 2.75 bits per heavy atom. The molecular formula is C4H6N2O2. The smallest absolute Gasteiger partial charge is 0.277 e. The predicted molar refractivity (Wildman–Crippen MR) is 26.8 cm³/mol. The zero-order chi connectivity index (χ0) is 6.41. The van der Waals surface area contributed by atoms with Gasteiger partial charge in [0.2, 0.25) is 0 Å². The van der Waals surface area contributed by atoms with E-state index in [4.69, 9.17) is 5.26 Å². The SMILES string of the molecule is CCOC(C#N)N=O. The van der Waals surface area contributed by atoms with E-state index < -0.39 is 6.23 Å². The highest BCUT2D eigenvalue weighted by molar-refractivity contribution is 4.80. The van der Waals surface area contributed by atoms with Gasteiger partial charge in [0.15, 0.2) is 0 Å². The highest BCUT2D eigenvalue weighted by Crippen LogP contribution is 1.88. The Kier molecular flexibility index (Phi) is 3.71. The van der Waals surface area contributed by atoms with Crippen LogP contribution in [0.5, 0.6) is 0 Å². The van der Waals surface area contributed by atoms with E-state index in [1.807, 2.05) is 0 Å².